The second-order valence-corrected chi connectivity index (χ2v) is 5.62. The molecule has 2 N–H and O–H groups in total. The van der Waals surface area contributed by atoms with E-state index >= 15 is 0 Å². The third-order valence-corrected chi connectivity index (χ3v) is 4.10. The highest BCUT2D eigenvalue weighted by atomic mass is 32.1. The molecule has 1 aliphatic carbocycles. The number of thiazole rings is 1. The minimum absolute atomic E-state index is 0.0257. The average Bonchev–Trinajstić information content (AvgIpc) is 2.77. The van der Waals surface area contributed by atoms with Gasteiger partial charge in [0.05, 0.1) is 5.01 Å². The summed E-state index contributed by atoms with van der Waals surface area (Å²) in [6.07, 6.45) is 4.38. The van der Waals surface area contributed by atoms with Crippen LogP contribution in [-0.2, 0) is 0 Å². The minimum atomic E-state index is -0.0257. The molecule has 1 saturated carbocycles. The van der Waals surface area contributed by atoms with Gasteiger partial charge in [0.2, 0.25) is 0 Å². The highest BCUT2D eigenvalue weighted by molar-refractivity contribution is 7.09. The lowest BCUT2D eigenvalue weighted by molar-refractivity contribution is 0.0920. The Kier molecular flexibility index (Phi) is 4.12. The van der Waals surface area contributed by atoms with Crippen LogP contribution >= 0.6 is 11.3 Å². The van der Waals surface area contributed by atoms with Crippen molar-refractivity contribution in [2.75, 3.05) is 7.05 Å². The molecule has 1 aromatic heterocycles. The first kappa shape index (κ1) is 12.5. The molecule has 17 heavy (non-hydrogen) atoms. The summed E-state index contributed by atoms with van der Waals surface area (Å²) < 4.78 is 0. The van der Waals surface area contributed by atoms with E-state index in [-0.39, 0.29) is 5.91 Å². The van der Waals surface area contributed by atoms with Gasteiger partial charge in [-0.25, -0.2) is 4.98 Å². The monoisotopic (exact) mass is 253 g/mol. The van der Waals surface area contributed by atoms with Crippen molar-refractivity contribution in [1.29, 1.82) is 0 Å². The number of aryl methyl sites for hydroxylation is 1. The zero-order valence-electron chi connectivity index (χ0n) is 10.3. The van der Waals surface area contributed by atoms with Gasteiger partial charge in [-0.1, -0.05) is 0 Å². The van der Waals surface area contributed by atoms with Crippen LogP contribution in [0.4, 0.5) is 0 Å². The van der Waals surface area contributed by atoms with E-state index in [4.69, 9.17) is 0 Å². The lowest BCUT2D eigenvalue weighted by atomic mass is 9.91. The topological polar surface area (TPSA) is 54.0 Å². The summed E-state index contributed by atoms with van der Waals surface area (Å²) in [5, 5.41) is 9.12. The van der Waals surface area contributed by atoms with Gasteiger partial charge in [-0.05, 0) is 39.7 Å². The Morgan fingerprint density at radius 2 is 2.00 bits per heavy atom. The number of hydrogen-bond acceptors (Lipinski definition) is 4. The smallest absolute Gasteiger partial charge is 0.270 e. The Balaban J connectivity index is 1.84. The first-order chi connectivity index (χ1) is 8.19. The molecular formula is C12H19N3OS. The largest absolute Gasteiger partial charge is 0.348 e. The van der Waals surface area contributed by atoms with Gasteiger partial charge >= 0.3 is 0 Å². The van der Waals surface area contributed by atoms with Gasteiger partial charge in [0.15, 0.2) is 0 Å². The van der Waals surface area contributed by atoms with Crippen molar-refractivity contribution in [3.63, 3.8) is 0 Å². The van der Waals surface area contributed by atoms with E-state index in [9.17, 15) is 4.79 Å². The van der Waals surface area contributed by atoms with Crippen molar-refractivity contribution in [3.8, 4) is 0 Å². The number of nitrogens with zero attached hydrogens (tertiary/aromatic N) is 1. The fourth-order valence-corrected chi connectivity index (χ4v) is 2.85. The predicted molar refractivity (Wildman–Crippen MR) is 69.4 cm³/mol. The molecule has 1 amide bonds. The zero-order chi connectivity index (χ0) is 12.3. The Morgan fingerprint density at radius 3 is 2.53 bits per heavy atom. The maximum absolute atomic E-state index is 11.9. The van der Waals surface area contributed by atoms with Crippen LogP contribution < -0.4 is 10.6 Å². The first-order valence-corrected chi connectivity index (χ1v) is 6.97. The van der Waals surface area contributed by atoms with E-state index in [1.165, 1.54) is 11.3 Å². The van der Waals surface area contributed by atoms with Gasteiger partial charge in [-0.3, -0.25) is 4.79 Å². The molecule has 1 aromatic rings. The maximum Gasteiger partial charge on any atom is 0.270 e. The first-order valence-electron chi connectivity index (χ1n) is 6.09. The third-order valence-electron chi connectivity index (χ3n) is 3.32. The van der Waals surface area contributed by atoms with Gasteiger partial charge in [-0.15, -0.1) is 11.3 Å². The fraction of sp³-hybridized carbons (Fsp3) is 0.667. The van der Waals surface area contributed by atoms with Crippen LogP contribution in [0.5, 0.6) is 0 Å². The van der Waals surface area contributed by atoms with E-state index in [1.807, 2.05) is 19.4 Å². The molecule has 0 bridgehead atoms. The number of rotatable bonds is 3. The second-order valence-electron chi connectivity index (χ2n) is 4.56. The highest BCUT2D eigenvalue weighted by Gasteiger charge is 2.22. The summed E-state index contributed by atoms with van der Waals surface area (Å²) in [5.41, 5.74) is 0.559. The molecule has 2 rings (SSSR count). The molecule has 0 aromatic carbocycles. The van der Waals surface area contributed by atoms with E-state index in [0.717, 1.165) is 30.7 Å². The number of amides is 1. The molecule has 94 valence electrons. The van der Waals surface area contributed by atoms with Gasteiger partial charge in [-0.2, -0.15) is 0 Å². The van der Waals surface area contributed by atoms with E-state index in [2.05, 4.69) is 15.6 Å². The Hall–Kier alpha value is -0.940. The van der Waals surface area contributed by atoms with Crippen molar-refractivity contribution in [3.05, 3.63) is 16.1 Å². The van der Waals surface area contributed by atoms with Crippen molar-refractivity contribution in [2.24, 2.45) is 0 Å². The molecule has 5 heteroatoms. The molecule has 0 atom stereocenters. The van der Waals surface area contributed by atoms with Crippen molar-refractivity contribution in [1.82, 2.24) is 15.6 Å². The van der Waals surface area contributed by atoms with Gasteiger partial charge in [0.25, 0.3) is 5.91 Å². The van der Waals surface area contributed by atoms with E-state index in [1.54, 1.807) is 0 Å². The standard InChI is InChI=1S/C12H19N3OS/c1-8-14-11(7-17-8)12(16)15-10-5-3-9(13-2)4-6-10/h7,9-10,13H,3-6H2,1-2H3,(H,15,16). The average molecular weight is 253 g/mol. The van der Waals surface area contributed by atoms with Crippen LogP contribution in [0.15, 0.2) is 5.38 Å². The molecule has 1 aliphatic rings. The van der Waals surface area contributed by atoms with Crippen molar-refractivity contribution < 1.29 is 4.79 Å². The summed E-state index contributed by atoms with van der Waals surface area (Å²) in [7, 11) is 2.00. The number of carbonyl (C=O) groups is 1. The predicted octanol–water partition coefficient (Wildman–Crippen LogP) is 1.71. The lowest BCUT2D eigenvalue weighted by Gasteiger charge is -2.28. The molecule has 0 unspecified atom stereocenters. The second kappa shape index (κ2) is 5.60. The lowest BCUT2D eigenvalue weighted by Crippen LogP contribution is -2.41. The summed E-state index contributed by atoms with van der Waals surface area (Å²) in [6, 6.07) is 0.929. The number of aromatic nitrogens is 1. The van der Waals surface area contributed by atoms with Crippen LogP contribution in [0.3, 0.4) is 0 Å². The molecule has 0 spiro atoms. The highest BCUT2D eigenvalue weighted by Crippen LogP contribution is 2.19. The molecule has 0 radical (unpaired) electrons. The molecule has 1 fully saturated rings. The Bertz CT molecular complexity index is 383. The summed E-state index contributed by atoms with van der Waals surface area (Å²) in [6.45, 7) is 1.92. The van der Waals surface area contributed by atoms with Crippen LogP contribution in [-0.4, -0.2) is 30.0 Å². The van der Waals surface area contributed by atoms with Crippen molar-refractivity contribution >= 4 is 17.2 Å². The van der Waals surface area contributed by atoms with Gasteiger partial charge in [0.1, 0.15) is 5.69 Å². The van der Waals surface area contributed by atoms with Crippen LogP contribution in [0, 0.1) is 6.92 Å². The van der Waals surface area contributed by atoms with Crippen LogP contribution in [0.25, 0.3) is 0 Å². The van der Waals surface area contributed by atoms with Gasteiger partial charge < -0.3 is 10.6 Å². The van der Waals surface area contributed by atoms with Crippen molar-refractivity contribution in [2.45, 2.75) is 44.7 Å². The Morgan fingerprint density at radius 1 is 1.35 bits per heavy atom. The molecule has 1 heterocycles. The number of carbonyl (C=O) groups excluding carboxylic acids is 1. The summed E-state index contributed by atoms with van der Waals surface area (Å²) in [5.74, 6) is -0.0257. The number of hydrogen-bond donors (Lipinski definition) is 2. The summed E-state index contributed by atoms with van der Waals surface area (Å²) in [4.78, 5) is 16.1. The third kappa shape index (κ3) is 3.26. The van der Waals surface area contributed by atoms with Gasteiger partial charge in [0, 0.05) is 17.5 Å². The Labute approximate surface area is 106 Å². The molecular weight excluding hydrogens is 234 g/mol. The normalized spacial score (nSPS) is 24.6. The van der Waals surface area contributed by atoms with Crippen LogP contribution in [0.2, 0.25) is 0 Å². The molecule has 0 saturated heterocycles. The van der Waals surface area contributed by atoms with E-state index < -0.39 is 0 Å². The minimum Gasteiger partial charge on any atom is -0.348 e. The number of nitrogens with one attached hydrogen (secondary N) is 2. The molecule has 0 aliphatic heterocycles. The molecule has 4 nitrogen and oxygen atoms in total. The zero-order valence-corrected chi connectivity index (χ0v) is 11.1. The fourth-order valence-electron chi connectivity index (χ4n) is 2.25. The quantitative estimate of drug-likeness (QED) is 0.862. The maximum atomic E-state index is 11.9. The van der Waals surface area contributed by atoms with Crippen LogP contribution in [0.1, 0.15) is 41.2 Å². The summed E-state index contributed by atoms with van der Waals surface area (Å²) >= 11 is 1.52. The van der Waals surface area contributed by atoms with E-state index in [0.29, 0.717) is 17.8 Å². The SMILES string of the molecule is CNC1CCC(NC(=O)c2csc(C)n2)CC1.